The fourth-order valence-corrected chi connectivity index (χ4v) is 5.49. The molecule has 2 aromatic heterocycles. The first-order valence-corrected chi connectivity index (χ1v) is 11.2. The maximum Gasteiger partial charge on any atom is 0.416 e. The summed E-state index contributed by atoms with van der Waals surface area (Å²) in [6.07, 6.45) is 6.76. The molecule has 8 nitrogen and oxygen atoms in total. The summed E-state index contributed by atoms with van der Waals surface area (Å²) >= 11 is 0. The zero-order valence-corrected chi connectivity index (χ0v) is 19.2. The van der Waals surface area contributed by atoms with Crippen molar-refractivity contribution >= 4 is 22.9 Å². The molecule has 1 aliphatic heterocycles. The van der Waals surface area contributed by atoms with Crippen LogP contribution >= 0.6 is 0 Å². The van der Waals surface area contributed by atoms with Crippen LogP contribution in [0.1, 0.15) is 43.7 Å². The zero-order valence-electron chi connectivity index (χ0n) is 19.2. The molecular weight excluding hydrogens is 418 g/mol. The number of carbonyl (C=O) groups excluding carboxylic acids is 1. The second-order valence-electron chi connectivity index (χ2n) is 9.70. The predicted octanol–water partition coefficient (Wildman–Crippen LogP) is 4.60. The lowest BCUT2D eigenvalue weighted by atomic mass is 9.68. The number of amides is 1. The van der Waals surface area contributed by atoms with Gasteiger partial charge in [0.2, 0.25) is 0 Å². The van der Waals surface area contributed by atoms with Crippen LogP contribution in [0.15, 0.2) is 36.8 Å². The Balaban J connectivity index is 1.41. The fourth-order valence-electron chi connectivity index (χ4n) is 5.49. The minimum atomic E-state index is -0.560. The number of pyridine rings is 1. The van der Waals surface area contributed by atoms with Gasteiger partial charge in [0.1, 0.15) is 5.60 Å². The van der Waals surface area contributed by atoms with Gasteiger partial charge >= 0.3 is 6.09 Å². The summed E-state index contributed by atoms with van der Waals surface area (Å²) < 4.78 is 13.7. The smallest absolute Gasteiger partial charge is 0.416 e. The third kappa shape index (κ3) is 3.78. The van der Waals surface area contributed by atoms with E-state index in [4.69, 9.17) is 9.47 Å². The lowest BCUT2D eigenvalue weighted by Gasteiger charge is -2.43. The molecule has 1 amide bonds. The van der Waals surface area contributed by atoms with E-state index >= 15 is 0 Å². The molecule has 0 radical (unpaired) electrons. The van der Waals surface area contributed by atoms with Gasteiger partial charge in [0.25, 0.3) is 0 Å². The molecule has 2 fully saturated rings. The number of carbonyl (C=O) groups is 1. The number of aryl methyl sites for hydroxylation is 1. The first-order valence-electron chi connectivity index (χ1n) is 11.2. The van der Waals surface area contributed by atoms with Gasteiger partial charge < -0.3 is 14.0 Å². The van der Waals surface area contributed by atoms with Gasteiger partial charge in [0, 0.05) is 12.7 Å². The van der Waals surface area contributed by atoms with E-state index < -0.39 is 5.60 Å². The van der Waals surface area contributed by atoms with Crippen molar-refractivity contribution < 1.29 is 14.3 Å². The maximum atomic E-state index is 12.9. The molecule has 0 N–H and O–H groups in total. The topological polar surface area (TPSA) is 93.3 Å². The minimum Gasteiger partial charge on any atom is -0.493 e. The number of ether oxygens (including phenoxy) is 2. The summed E-state index contributed by atoms with van der Waals surface area (Å²) in [5.74, 6) is 1.07. The molecule has 1 saturated heterocycles. The quantitative estimate of drug-likeness (QED) is 0.583. The van der Waals surface area contributed by atoms with Crippen LogP contribution in [0, 0.1) is 23.7 Å². The Morgan fingerprint density at radius 2 is 2.12 bits per heavy atom. The van der Waals surface area contributed by atoms with Crippen molar-refractivity contribution in [2.45, 2.75) is 51.7 Å². The van der Waals surface area contributed by atoms with Crippen molar-refractivity contribution in [3.05, 3.63) is 47.9 Å². The van der Waals surface area contributed by atoms with E-state index in [2.05, 4.69) is 27.5 Å². The Kier molecular flexibility index (Phi) is 5.00. The number of methoxy groups -OCH3 is 1. The number of rotatable bonds is 4. The Morgan fingerprint density at radius 1 is 1.27 bits per heavy atom. The van der Waals surface area contributed by atoms with E-state index in [1.165, 1.54) is 0 Å². The van der Waals surface area contributed by atoms with Gasteiger partial charge in [-0.2, -0.15) is 5.26 Å². The summed E-state index contributed by atoms with van der Waals surface area (Å²) in [5, 5.41) is 9.29. The average molecular weight is 446 g/mol. The molecule has 2 unspecified atom stereocenters. The normalized spacial score (nSPS) is 24.8. The van der Waals surface area contributed by atoms with Crippen molar-refractivity contribution in [3.63, 3.8) is 0 Å². The van der Waals surface area contributed by atoms with E-state index in [0.29, 0.717) is 23.7 Å². The van der Waals surface area contributed by atoms with Crippen LogP contribution in [-0.2, 0) is 11.3 Å². The van der Waals surface area contributed by atoms with Crippen LogP contribution < -0.4 is 9.64 Å². The molecule has 170 valence electrons. The van der Waals surface area contributed by atoms with Crippen molar-refractivity contribution in [2.75, 3.05) is 18.6 Å². The predicted molar refractivity (Wildman–Crippen MR) is 123 cm³/mol. The highest BCUT2D eigenvalue weighted by atomic mass is 16.6. The second-order valence-corrected chi connectivity index (χ2v) is 9.70. The van der Waals surface area contributed by atoms with Crippen LogP contribution in [0.2, 0.25) is 0 Å². The van der Waals surface area contributed by atoms with Crippen LogP contribution in [-0.4, -0.2) is 39.9 Å². The van der Waals surface area contributed by atoms with Crippen molar-refractivity contribution in [3.8, 4) is 11.8 Å². The van der Waals surface area contributed by atoms with E-state index in [1.54, 1.807) is 24.3 Å². The van der Waals surface area contributed by atoms with Crippen LogP contribution in [0.25, 0.3) is 11.0 Å². The zero-order chi connectivity index (χ0) is 23.2. The van der Waals surface area contributed by atoms with E-state index in [0.717, 1.165) is 48.8 Å². The summed E-state index contributed by atoms with van der Waals surface area (Å²) in [5.41, 5.74) is 2.77. The van der Waals surface area contributed by atoms with Gasteiger partial charge in [0.05, 0.1) is 42.6 Å². The Bertz CT molecular complexity index is 1280. The lowest BCUT2D eigenvalue weighted by molar-refractivity contribution is -0.0264. The maximum absolute atomic E-state index is 12.9. The van der Waals surface area contributed by atoms with Crippen LogP contribution in [0.5, 0.6) is 5.75 Å². The number of benzene rings is 1. The molecular formula is C25H27N5O3. The number of anilines is 1. The Hall–Kier alpha value is -3.60. The molecule has 1 saturated carbocycles. The largest absolute Gasteiger partial charge is 0.493 e. The van der Waals surface area contributed by atoms with Gasteiger partial charge in [-0.3, -0.25) is 4.90 Å². The number of hydrogen-bond donors (Lipinski definition) is 0. The summed E-state index contributed by atoms with van der Waals surface area (Å²) in [6, 6.07) is 9.64. The Labute approximate surface area is 192 Å². The van der Waals surface area contributed by atoms with Crippen molar-refractivity contribution in [1.29, 1.82) is 5.26 Å². The fraction of sp³-hybridized carbons (Fsp3) is 0.440. The number of fused-ring (bicyclic) bond motifs is 1. The molecule has 3 heterocycles. The number of nitriles is 1. The SMILES string of the molecule is COc1cc(C)cnc1N1CC2(CCCC(C)(Cn3cnc4ccc(C#N)cc43)C2)OC1=O. The standard InChI is InChI=1S/C25H27N5O3/c1-17-9-21(32-3)22(27-12-17)30-15-25(33-23(30)31)8-4-7-24(2,13-25)14-29-16-28-19-6-5-18(11-26)10-20(19)29/h5-6,9-10,12,16H,4,7-8,13-15H2,1-3H3. The highest BCUT2D eigenvalue weighted by molar-refractivity contribution is 5.90. The molecule has 8 heteroatoms. The monoisotopic (exact) mass is 445 g/mol. The van der Waals surface area contributed by atoms with Crippen LogP contribution in [0.4, 0.5) is 10.6 Å². The van der Waals surface area contributed by atoms with Crippen molar-refractivity contribution in [2.24, 2.45) is 5.41 Å². The van der Waals surface area contributed by atoms with Gasteiger partial charge in [-0.05, 0) is 67.9 Å². The lowest BCUT2D eigenvalue weighted by Crippen LogP contribution is -2.45. The van der Waals surface area contributed by atoms with Gasteiger partial charge in [-0.15, -0.1) is 0 Å². The minimum absolute atomic E-state index is 0.0877. The summed E-state index contributed by atoms with van der Waals surface area (Å²) in [6.45, 7) is 5.38. The molecule has 1 aromatic carbocycles. The van der Waals surface area contributed by atoms with Crippen LogP contribution in [0.3, 0.4) is 0 Å². The van der Waals surface area contributed by atoms with Crippen molar-refractivity contribution in [1.82, 2.24) is 14.5 Å². The third-order valence-corrected chi connectivity index (χ3v) is 6.88. The van der Waals surface area contributed by atoms with E-state index in [-0.39, 0.29) is 11.5 Å². The van der Waals surface area contributed by atoms with Gasteiger partial charge in [-0.1, -0.05) is 6.92 Å². The molecule has 33 heavy (non-hydrogen) atoms. The number of nitrogens with zero attached hydrogens (tertiary/aromatic N) is 5. The van der Waals surface area contributed by atoms with E-state index in [9.17, 15) is 10.1 Å². The number of hydrogen-bond acceptors (Lipinski definition) is 6. The Morgan fingerprint density at radius 3 is 2.91 bits per heavy atom. The molecule has 5 rings (SSSR count). The van der Waals surface area contributed by atoms with Gasteiger partial charge in [0.15, 0.2) is 11.6 Å². The first-order chi connectivity index (χ1) is 15.8. The molecule has 0 bridgehead atoms. The highest BCUT2D eigenvalue weighted by Gasteiger charge is 2.52. The highest BCUT2D eigenvalue weighted by Crippen LogP contribution is 2.48. The summed E-state index contributed by atoms with van der Waals surface area (Å²) in [4.78, 5) is 23.5. The van der Waals surface area contributed by atoms with Gasteiger partial charge in [-0.25, -0.2) is 14.8 Å². The molecule has 1 spiro atoms. The number of imidazole rings is 1. The second kappa shape index (κ2) is 7.77. The van der Waals surface area contributed by atoms with E-state index in [1.807, 2.05) is 31.5 Å². The molecule has 1 aliphatic carbocycles. The third-order valence-electron chi connectivity index (χ3n) is 6.88. The average Bonchev–Trinajstić information content (AvgIpc) is 3.32. The molecule has 2 aliphatic rings. The summed E-state index contributed by atoms with van der Waals surface area (Å²) in [7, 11) is 1.59. The number of aromatic nitrogens is 3. The molecule has 3 aromatic rings. The molecule has 2 atom stereocenters. The first kappa shape index (κ1) is 21.3.